The molecule has 2 heterocycles. The second-order valence-corrected chi connectivity index (χ2v) is 7.57. The summed E-state index contributed by atoms with van der Waals surface area (Å²) in [6, 6.07) is 7.76. The first-order valence-electron chi connectivity index (χ1n) is 9.63. The van der Waals surface area contributed by atoms with Gasteiger partial charge < -0.3 is 15.1 Å². The van der Waals surface area contributed by atoms with Gasteiger partial charge in [0, 0.05) is 31.9 Å². The van der Waals surface area contributed by atoms with Crippen molar-refractivity contribution in [3.05, 3.63) is 29.8 Å². The molecule has 0 bridgehead atoms. The summed E-state index contributed by atoms with van der Waals surface area (Å²) in [4.78, 5) is 29.5. The van der Waals surface area contributed by atoms with Crippen molar-refractivity contribution in [3.8, 4) is 0 Å². The van der Waals surface area contributed by atoms with Gasteiger partial charge in [-0.2, -0.15) is 0 Å². The van der Waals surface area contributed by atoms with Crippen molar-refractivity contribution in [2.75, 3.05) is 31.1 Å². The smallest absolute Gasteiger partial charge is 0.240 e. The summed E-state index contributed by atoms with van der Waals surface area (Å²) in [6.07, 6.45) is 6.05. The van der Waals surface area contributed by atoms with Crippen LogP contribution in [0, 0.1) is 5.92 Å². The Hall–Kier alpha value is -1.59. The van der Waals surface area contributed by atoms with Crippen LogP contribution >= 0.6 is 12.4 Å². The van der Waals surface area contributed by atoms with Crippen molar-refractivity contribution in [2.24, 2.45) is 5.92 Å². The highest BCUT2D eigenvalue weighted by molar-refractivity contribution is 5.98. The van der Waals surface area contributed by atoms with Crippen LogP contribution in [0.4, 0.5) is 5.69 Å². The topological polar surface area (TPSA) is 52.7 Å². The Morgan fingerprint density at radius 1 is 1.15 bits per heavy atom. The summed E-state index contributed by atoms with van der Waals surface area (Å²) >= 11 is 0. The maximum Gasteiger partial charge on any atom is 0.240 e. The third-order valence-corrected chi connectivity index (χ3v) is 5.88. The predicted octanol–water partition coefficient (Wildman–Crippen LogP) is 2.38. The third-order valence-electron chi connectivity index (χ3n) is 5.88. The van der Waals surface area contributed by atoms with E-state index in [-0.39, 0.29) is 36.7 Å². The SMILES string of the molecule is Cl.O=C1C(CC(=O)N2CCCc3ccccc32)NCCN1CC1CCC1. The number of fused-ring (bicyclic) bond motifs is 1. The molecular formula is C20H28ClN3O2. The molecule has 5 nitrogen and oxygen atoms in total. The molecule has 2 amide bonds. The number of benzene rings is 1. The van der Waals surface area contributed by atoms with E-state index >= 15 is 0 Å². The molecule has 0 radical (unpaired) electrons. The molecule has 1 aromatic carbocycles. The van der Waals surface area contributed by atoms with Crippen molar-refractivity contribution in [1.29, 1.82) is 0 Å². The van der Waals surface area contributed by atoms with Crippen LogP contribution in [0.1, 0.15) is 37.7 Å². The number of anilines is 1. The van der Waals surface area contributed by atoms with Gasteiger partial charge in [-0.3, -0.25) is 9.59 Å². The fourth-order valence-electron chi connectivity index (χ4n) is 4.20. The quantitative estimate of drug-likeness (QED) is 0.876. The molecule has 0 aromatic heterocycles. The summed E-state index contributed by atoms with van der Waals surface area (Å²) < 4.78 is 0. The number of nitrogens with one attached hydrogen (secondary N) is 1. The minimum Gasteiger partial charge on any atom is -0.340 e. The zero-order chi connectivity index (χ0) is 17.2. The third kappa shape index (κ3) is 3.89. The molecule has 2 fully saturated rings. The van der Waals surface area contributed by atoms with Crippen LogP contribution in [0.5, 0.6) is 0 Å². The molecule has 1 N–H and O–H groups in total. The molecule has 4 rings (SSSR count). The molecule has 3 aliphatic rings. The Bertz CT molecular complexity index is 662. The number of halogens is 1. The zero-order valence-corrected chi connectivity index (χ0v) is 16.0. The lowest BCUT2D eigenvalue weighted by molar-refractivity contribution is -0.138. The van der Waals surface area contributed by atoms with Crippen molar-refractivity contribution in [3.63, 3.8) is 0 Å². The van der Waals surface area contributed by atoms with Crippen molar-refractivity contribution in [2.45, 2.75) is 44.6 Å². The second-order valence-electron chi connectivity index (χ2n) is 7.57. The molecular weight excluding hydrogens is 350 g/mol. The number of aryl methyl sites for hydroxylation is 1. The summed E-state index contributed by atoms with van der Waals surface area (Å²) in [6.45, 7) is 3.18. The van der Waals surface area contributed by atoms with Gasteiger partial charge in [0.25, 0.3) is 0 Å². The first-order chi connectivity index (χ1) is 12.2. The molecule has 1 unspecified atom stereocenters. The van der Waals surface area contributed by atoms with E-state index in [1.54, 1.807) is 0 Å². The minimum atomic E-state index is -0.365. The Morgan fingerprint density at radius 2 is 1.96 bits per heavy atom. The van der Waals surface area contributed by atoms with E-state index in [4.69, 9.17) is 0 Å². The Kier molecular flexibility index (Phi) is 6.20. The molecule has 0 spiro atoms. The second kappa shape index (κ2) is 8.40. The number of piperazine rings is 1. The minimum absolute atomic E-state index is 0. The molecule has 1 aliphatic carbocycles. The fraction of sp³-hybridized carbons (Fsp3) is 0.600. The van der Waals surface area contributed by atoms with Crippen LogP contribution in [-0.2, 0) is 16.0 Å². The van der Waals surface area contributed by atoms with Crippen LogP contribution in [-0.4, -0.2) is 48.9 Å². The summed E-state index contributed by atoms with van der Waals surface area (Å²) in [5, 5.41) is 3.26. The van der Waals surface area contributed by atoms with Gasteiger partial charge in [-0.05, 0) is 43.2 Å². The highest BCUT2D eigenvalue weighted by atomic mass is 35.5. The highest BCUT2D eigenvalue weighted by Crippen LogP contribution is 2.29. The number of hydrogen-bond acceptors (Lipinski definition) is 3. The molecule has 1 atom stereocenters. The van der Waals surface area contributed by atoms with Gasteiger partial charge in [-0.1, -0.05) is 24.6 Å². The van der Waals surface area contributed by atoms with E-state index in [0.29, 0.717) is 5.92 Å². The van der Waals surface area contributed by atoms with Gasteiger partial charge in [-0.15, -0.1) is 12.4 Å². The Morgan fingerprint density at radius 3 is 2.73 bits per heavy atom. The lowest BCUT2D eigenvalue weighted by atomic mass is 9.85. The molecule has 2 aliphatic heterocycles. The zero-order valence-electron chi connectivity index (χ0n) is 15.2. The van der Waals surface area contributed by atoms with Crippen LogP contribution < -0.4 is 10.2 Å². The number of nitrogens with zero attached hydrogens (tertiary/aromatic N) is 2. The number of para-hydroxylation sites is 1. The van der Waals surface area contributed by atoms with Crippen molar-refractivity contribution in [1.82, 2.24) is 10.2 Å². The predicted molar refractivity (Wildman–Crippen MR) is 105 cm³/mol. The molecule has 1 saturated heterocycles. The van der Waals surface area contributed by atoms with Gasteiger partial charge in [-0.25, -0.2) is 0 Å². The molecule has 26 heavy (non-hydrogen) atoms. The van der Waals surface area contributed by atoms with Gasteiger partial charge in [0.15, 0.2) is 0 Å². The largest absolute Gasteiger partial charge is 0.340 e. The summed E-state index contributed by atoms with van der Waals surface area (Å²) in [5.41, 5.74) is 2.25. The molecule has 6 heteroatoms. The van der Waals surface area contributed by atoms with Gasteiger partial charge in [0.05, 0.1) is 12.5 Å². The lowest BCUT2D eigenvalue weighted by Gasteiger charge is -2.38. The van der Waals surface area contributed by atoms with E-state index in [0.717, 1.165) is 44.7 Å². The standard InChI is InChI=1S/C20H27N3O2.ClH/c24-19(23-11-4-8-16-7-1-2-9-18(16)23)13-17-20(25)22(12-10-21-17)14-15-5-3-6-15;/h1-2,7,9,15,17,21H,3-6,8,10-14H2;1H. The average molecular weight is 378 g/mol. The lowest BCUT2D eigenvalue weighted by Crippen LogP contribution is -2.57. The average Bonchev–Trinajstić information content (AvgIpc) is 2.60. The van der Waals surface area contributed by atoms with Crippen molar-refractivity contribution < 1.29 is 9.59 Å². The van der Waals surface area contributed by atoms with E-state index in [2.05, 4.69) is 11.4 Å². The number of carbonyl (C=O) groups is 2. The first-order valence-corrected chi connectivity index (χ1v) is 9.63. The van der Waals surface area contributed by atoms with E-state index < -0.39 is 0 Å². The number of amides is 2. The molecule has 1 saturated carbocycles. The molecule has 142 valence electrons. The normalized spacial score (nSPS) is 23.1. The van der Waals surface area contributed by atoms with Gasteiger partial charge in [0.2, 0.25) is 11.8 Å². The summed E-state index contributed by atoms with van der Waals surface area (Å²) in [5.74, 6) is 0.840. The molecule has 1 aromatic rings. The van der Waals surface area contributed by atoms with Crippen LogP contribution in [0.15, 0.2) is 24.3 Å². The summed E-state index contributed by atoms with van der Waals surface area (Å²) in [7, 11) is 0. The Labute approximate surface area is 161 Å². The van der Waals surface area contributed by atoms with Crippen LogP contribution in [0.3, 0.4) is 0 Å². The van der Waals surface area contributed by atoms with E-state index in [9.17, 15) is 9.59 Å². The number of carbonyl (C=O) groups excluding carboxylic acids is 2. The van der Waals surface area contributed by atoms with E-state index in [1.807, 2.05) is 28.0 Å². The van der Waals surface area contributed by atoms with Gasteiger partial charge in [0.1, 0.15) is 0 Å². The Balaban J connectivity index is 0.00000196. The highest BCUT2D eigenvalue weighted by Gasteiger charge is 2.34. The fourth-order valence-corrected chi connectivity index (χ4v) is 4.20. The van der Waals surface area contributed by atoms with Crippen LogP contribution in [0.25, 0.3) is 0 Å². The maximum atomic E-state index is 12.9. The number of rotatable bonds is 4. The first kappa shape index (κ1) is 19.2. The number of hydrogen-bond donors (Lipinski definition) is 1. The maximum absolute atomic E-state index is 12.9. The van der Waals surface area contributed by atoms with E-state index in [1.165, 1.54) is 24.8 Å². The van der Waals surface area contributed by atoms with Crippen molar-refractivity contribution >= 4 is 29.9 Å². The van der Waals surface area contributed by atoms with Crippen LogP contribution in [0.2, 0.25) is 0 Å². The van der Waals surface area contributed by atoms with Gasteiger partial charge >= 0.3 is 0 Å². The monoisotopic (exact) mass is 377 g/mol.